The van der Waals surface area contributed by atoms with E-state index >= 15 is 0 Å². The van der Waals surface area contributed by atoms with Crippen molar-refractivity contribution in [3.8, 4) is 11.5 Å². The molecule has 1 heterocycles. The number of esters is 2. The summed E-state index contributed by atoms with van der Waals surface area (Å²) in [5.74, 6) is -3.79. The van der Waals surface area contributed by atoms with Crippen LogP contribution < -0.4 is 9.64 Å². The third kappa shape index (κ3) is 4.22. The van der Waals surface area contributed by atoms with Crippen molar-refractivity contribution in [1.82, 2.24) is 0 Å². The van der Waals surface area contributed by atoms with Crippen LogP contribution in [0, 0.1) is 11.6 Å². The molecular weight excluding hydrogens is 424 g/mol. The van der Waals surface area contributed by atoms with Gasteiger partial charge in [0, 0.05) is 11.8 Å². The van der Waals surface area contributed by atoms with E-state index in [4.69, 9.17) is 25.8 Å². The Bertz CT molecular complexity index is 1030. The summed E-state index contributed by atoms with van der Waals surface area (Å²) in [4.78, 5) is 25.6. The highest BCUT2D eigenvalue weighted by Crippen LogP contribution is 2.34. The minimum Gasteiger partial charge on any atom is -0.466 e. The predicted molar refractivity (Wildman–Crippen MR) is 102 cm³/mol. The zero-order chi connectivity index (χ0) is 21.8. The zero-order valence-corrected chi connectivity index (χ0v) is 16.7. The second-order valence-corrected chi connectivity index (χ2v) is 6.39. The fourth-order valence-corrected chi connectivity index (χ4v) is 2.93. The Morgan fingerprint density at radius 3 is 2.47 bits per heavy atom. The van der Waals surface area contributed by atoms with E-state index in [2.05, 4.69) is 4.74 Å². The molecular formula is C20H16ClF2NO6. The maximum absolute atomic E-state index is 14.7. The van der Waals surface area contributed by atoms with Crippen LogP contribution in [0.2, 0.25) is 5.02 Å². The lowest BCUT2D eigenvalue weighted by molar-refractivity contribution is -0.140. The number of anilines is 1. The number of nitrogens with zero attached hydrogens (tertiary/aromatic N) is 1. The van der Waals surface area contributed by atoms with Crippen LogP contribution >= 0.6 is 11.6 Å². The lowest BCUT2D eigenvalue weighted by atomic mass is 10.1. The van der Waals surface area contributed by atoms with E-state index in [9.17, 15) is 18.4 Å². The van der Waals surface area contributed by atoms with Crippen molar-refractivity contribution in [1.29, 1.82) is 0 Å². The van der Waals surface area contributed by atoms with Crippen LogP contribution in [0.15, 0.2) is 47.7 Å². The van der Waals surface area contributed by atoms with Gasteiger partial charge in [0.1, 0.15) is 12.4 Å². The van der Waals surface area contributed by atoms with Crippen LogP contribution in [0.1, 0.15) is 0 Å². The molecule has 2 aromatic carbocycles. The molecule has 30 heavy (non-hydrogen) atoms. The SMILES string of the molecule is COC(=O)C1=C(C(=O)OC)N(c2ccc(Oc3cccc(Cl)c3F)c(F)c2)COC1. The number of methoxy groups -OCH3 is 2. The quantitative estimate of drug-likeness (QED) is 0.656. The van der Waals surface area contributed by atoms with Gasteiger partial charge in [-0.2, -0.15) is 0 Å². The van der Waals surface area contributed by atoms with Crippen LogP contribution in [-0.2, 0) is 23.8 Å². The summed E-state index contributed by atoms with van der Waals surface area (Å²) in [5.41, 5.74) is -0.0326. The molecule has 3 rings (SSSR count). The molecule has 0 radical (unpaired) electrons. The van der Waals surface area contributed by atoms with Crippen molar-refractivity contribution in [2.75, 3.05) is 32.5 Å². The van der Waals surface area contributed by atoms with Crippen molar-refractivity contribution in [2.24, 2.45) is 0 Å². The first-order chi connectivity index (χ1) is 14.4. The fourth-order valence-electron chi connectivity index (χ4n) is 2.77. The van der Waals surface area contributed by atoms with Gasteiger partial charge in [0.2, 0.25) is 0 Å². The van der Waals surface area contributed by atoms with Gasteiger partial charge in [-0.05, 0) is 24.3 Å². The molecule has 2 aromatic rings. The first kappa shape index (κ1) is 21.5. The number of carbonyl (C=O) groups is 2. The Labute approximate surface area is 175 Å². The number of hydrogen-bond acceptors (Lipinski definition) is 7. The van der Waals surface area contributed by atoms with Crippen LogP contribution in [0.3, 0.4) is 0 Å². The maximum Gasteiger partial charge on any atom is 0.355 e. The summed E-state index contributed by atoms with van der Waals surface area (Å²) in [6.07, 6.45) is 0. The predicted octanol–water partition coefficient (Wildman–Crippen LogP) is 3.80. The lowest BCUT2D eigenvalue weighted by Crippen LogP contribution is -2.38. The Morgan fingerprint density at radius 2 is 1.80 bits per heavy atom. The number of halogens is 3. The molecule has 1 aliphatic rings. The minimum atomic E-state index is -0.846. The average molecular weight is 440 g/mol. The second-order valence-electron chi connectivity index (χ2n) is 5.98. The van der Waals surface area contributed by atoms with Crippen molar-refractivity contribution >= 4 is 29.2 Å². The number of ether oxygens (including phenoxy) is 4. The van der Waals surface area contributed by atoms with Gasteiger partial charge in [-0.15, -0.1) is 0 Å². The number of benzene rings is 2. The van der Waals surface area contributed by atoms with Gasteiger partial charge in [0.05, 0.1) is 31.4 Å². The fraction of sp³-hybridized carbons (Fsp3) is 0.200. The van der Waals surface area contributed by atoms with Gasteiger partial charge < -0.3 is 23.8 Å². The van der Waals surface area contributed by atoms with E-state index in [1.54, 1.807) is 0 Å². The van der Waals surface area contributed by atoms with Crippen molar-refractivity contribution in [2.45, 2.75) is 0 Å². The minimum absolute atomic E-state index is 0.0719. The molecule has 0 saturated heterocycles. The molecule has 0 atom stereocenters. The monoisotopic (exact) mass is 439 g/mol. The van der Waals surface area contributed by atoms with E-state index in [1.165, 1.54) is 35.2 Å². The Kier molecular flexibility index (Phi) is 6.53. The molecule has 0 spiro atoms. The highest BCUT2D eigenvalue weighted by atomic mass is 35.5. The van der Waals surface area contributed by atoms with Gasteiger partial charge >= 0.3 is 11.9 Å². The summed E-state index contributed by atoms with van der Waals surface area (Å²) >= 11 is 5.70. The Balaban J connectivity index is 1.97. The van der Waals surface area contributed by atoms with Gasteiger partial charge in [-0.1, -0.05) is 17.7 Å². The topological polar surface area (TPSA) is 74.3 Å². The smallest absolute Gasteiger partial charge is 0.355 e. The van der Waals surface area contributed by atoms with Crippen molar-refractivity contribution in [3.05, 3.63) is 64.3 Å². The number of hydrogen-bond donors (Lipinski definition) is 0. The van der Waals surface area contributed by atoms with E-state index in [0.717, 1.165) is 20.3 Å². The third-order valence-corrected chi connectivity index (χ3v) is 4.49. The van der Waals surface area contributed by atoms with Gasteiger partial charge in [-0.25, -0.2) is 18.4 Å². The Hall–Kier alpha value is -3.17. The van der Waals surface area contributed by atoms with Gasteiger partial charge in [-0.3, -0.25) is 0 Å². The lowest BCUT2D eigenvalue weighted by Gasteiger charge is -2.31. The third-order valence-electron chi connectivity index (χ3n) is 4.20. The molecule has 1 aliphatic heterocycles. The molecule has 0 aliphatic carbocycles. The zero-order valence-electron chi connectivity index (χ0n) is 15.9. The molecule has 0 saturated carbocycles. The van der Waals surface area contributed by atoms with E-state index < -0.39 is 23.6 Å². The molecule has 0 unspecified atom stereocenters. The first-order valence-electron chi connectivity index (χ1n) is 8.53. The van der Waals surface area contributed by atoms with Crippen molar-refractivity contribution < 1.29 is 37.3 Å². The van der Waals surface area contributed by atoms with Crippen LogP contribution in [-0.4, -0.2) is 39.5 Å². The van der Waals surface area contributed by atoms with Crippen molar-refractivity contribution in [3.63, 3.8) is 0 Å². The second kappa shape index (κ2) is 9.10. The summed E-state index contributed by atoms with van der Waals surface area (Å²) in [5, 5.41) is -0.168. The van der Waals surface area contributed by atoms with Crippen LogP contribution in [0.4, 0.5) is 14.5 Å². The molecule has 158 valence electrons. The first-order valence-corrected chi connectivity index (χ1v) is 8.91. The van der Waals surface area contributed by atoms with E-state index in [1.807, 2.05) is 0 Å². The molecule has 0 N–H and O–H groups in total. The number of carbonyl (C=O) groups excluding carboxylic acids is 2. The molecule has 0 fully saturated rings. The van der Waals surface area contributed by atoms with Crippen LogP contribution in [0.5, 0.6) is 11.5 Å². The molecule has 0 aromatic heterocycles. The maximum atomic E-state index is 14.7. The standard InChI is InChI=1S/C20H16ClF2NO6/c1-27-19(25)12-9-29-10-24(18(12)20(26)28-2)11-6-7-15(14(22)8-11)30-16-5-3-4-13(21)17(16)23/h3-8H,9-10H2,1-2H3. The molecule has 0 bridgehead atoms. The van der Waals surface area contributed by atoms with Gasteiger partial charge in [0.15, 0.2) is 23.1 Å². The summed E-state index contributed by atoms with van der Waals surface area (Å²) < 4.78 is 48.7. The van der Waals surface area contributed by atoms with Crippen LogP contribution in [0.25, 0.3) is 0 Å². The summed E-state index contributed by atoms with van der Waals surface area (Å²) in [6, 6.07) is 7.79. The molecule has 10 heteroatoms. The van der Waals surface area contributed by atoms with E-state index in [0.29, 0.717) is 0 Å². The Morgan fingerprint density at radius 1 is 1.07 bits per heavy atom. The molecule has 7 nitrogen and oxygen atoms in total. The normalized spacial score (nSPS) is 13.8. The van der Waals surface area contributed by atoms with E-state index in [-0.39, 0.29) is 46.8 Å². The average Bonchev–Trinajstić information content (AvgIpc) is 2.76. The summed E-state index contributed by atoms with van der Waals surface area (Å²) in [7, 11) is 2.30. The number of rotatable bonds is 5. The molecule has 0 amide bonds. The largest absolute Gasteiger partial charge is 0.466 e. The highest BCUT2D eigenvalue weighted by molar-refractivity contribution is 6.30. The highest BCUT2D eigenvalue weighted by Gasteiger charge is 2.32. The summed E-state index contributed by atoms with van der Waals surface area (Å²) in [6.45, 7) is -0.321. The van der Waals surface area contributed by atoms with Gasteiger partial charge in [0.25, 0.3) is 0 Å².